The van der Waals surface area contributed by atoms with Gasteiger partial charge in [-0.1, -0.05) is 35.4 Å². The van der Waals surface area contributed by atoms with E-state index in [1.807, 2.05) is 65.8 Å². The monoisotopic (exact) mass is 438 g/mol. The Morgan fingerprint density at radius 1 is 0.656 bits per heavy atom. The first-order valence-electron chi connectivity index (χ1n) is 10.7. The highest BCUT2D eigenvalue weighted by atomic mass is 16.2. The normalized spacial score (nSPS) is 10.8. The van der Waals surface area contributed by atoms with E-state index in [0.29, 0.717) is 0 Å². The molecule has 0 aliphatic rings. The Balaban J connectivity index is 1.80. The molecule has 0 bridgehead atoms. The topological polar surface area (TPSA) is 90.5 Å². The average Bonchev–Trinajstić information content (AvgIpc) is 2.65. The third kappa shape index (κ3) is 7.20. The molecule has 2 rings (SSSR count). The van der Waals surface area contributed by atoms with E-state index < -0.39 is 0 Å². The Morgan fingerprint density at radius 3 is 1.47 bits per heavy atom. The molecular formula is C25H34N4O3. The molecule has 0 aliphatic carbocycles. The fourth-order valence-corrected chi connectivity index (χ4v) is 3.90. The molecule has 0 atom stereocenters. The van der Waals surface area contributed by atoms with Gasteiger partial charge in [-0.15, -0.1) is 0 Å². The summed E-state index contributed by atoms with van der Waals surface area (Å²) >= 11 is 0. The number of nitrogens with one attached hydrogen (secondary N) is 3. The van der Waals surface area contributed by atoms with E-state index in [-0.39, 0.29) is 37.4 Å². The largest absolute Gasteiger partial charge is 0.346 e. The number of amides is 3. The Labute approximate surface area is 190 Å². The summed E-state index contributed by atoms with van der Waals surface area (Å²) in [7, 11) is 1.69. The molecule has 2 aromatic carbocycles. The second-order valence-electron chi connectivity index (χ2n) is 8.59. The molecular weight excluding hydrogens is 404 g/mol. The summed E-state index contributed by atoms with van der Waals surface area (Å²) in [5, 5.41) is 8.39. The number of hydrogen-bond donors (Lipinski definition) is 3. The number of aryl methyl sites for hydroxylation is 6. The number of likely N-dealkylation sites (N-methyl/N-ethyl adjacent to an activating group) is 1. The number of rotatable bonds is 8. The zero-order valence-corrected chi connectivity index (χ0v) is 20.1. The maximum Gasteiger partial charge on any atom is 0.243 e. The van der Waals surface area contributed by atoms with Gasteiger partial charge < -0.3 is 16.0 Å². The lowest BCUT2D eigenvalue weighted by molar-refractivity contribution is -0.125. The van der Waals surface area contributed by atoms with Crippen LogP contribution in [-0.4, -0.2) is 49.3 Å². The summed E-state index contributed by atoms with van der Waals surface area (Å²) in [5.41, 5.74) is 7.80. The third-order valence-electron chi connectivity index (χ3n) is 5.16. The predicted molar refractivity (Wildman–Crippen MR) is 129 cm³/mol. The number of benzene rings is 2. The Bertz CT molecular complexity index is 984. The van der Waals surface area contributed by atoms with Gasteiger partial charge >= 0.3 is 0 Å². The van der Waals surface area contributed by atoms with Crippen LogP contribution in [-0.2, 0) is 14.4 Å². The van der Waals surface area contributed by atoms with E-state index in [0.717, 1.165) is 44.8 Å². The molecule has 7 nitrogen and oxygen atoms in total. The fraction of sp³-hybridized carbons (Fsp3) is 0.400. The third-order valence-corrected chi connectivity index (χ3v) is 5.16. The summed E-state index contributed by atoms with van der Waals surface area (Å²) in [6, 6.07) is 8.04. The van der Waals surface area contributed by atoms with Gasteiger partial charge in [-0.3, -0.25) is 19.3 Å². The van der Waals surface area contributed by atoms with E-state index in [1.165, 1.54) is 0 Å². The summed E-state index contributed by atoms with van der Waals surface area (Å²) in [4.78, 5) is 38.5. The fourth-order valence-electron chi connectivity index (χ4n) is 3.90. The zero-order valence-electron chi connectivity index (χ0n) is 20.1. The van der Waals surface area contributed by atoms with Crippen molar-refractivity contribution in [2.24, 2.45) is 0 Å². The van der Waals surface area contributed by atoms with Crippen LogP contribution in [0.25, 0.3) is 0 Å². The molecule has 0 saturated heterocycles. The molecule has 0 unspecified atom stereocenters. The van der Waals surface area contributed by atoms with Crippen LogP contribution in [0, 0.1) is 41.5 Å². The van der Waals surface area contributed by atoms with Crippen molar-refractivity contribution in [1.82, 2.24) is 10.2 Å². The van der Waals surface area contributed by atoms with Crippen LogP contribution in [0.15, 0.2) is 24.3 Å². The van der Waals surface area contributed by atoms with Gasteiger partial charge in [0, 0.05) is 11.4 Å². The van der Waals surface area contributed by atoms with Crippen LogP contribution in [0.4, 0.5) is 11.4 Å². The lowest BCUT2D eigenvalue weighted by Crippen LogP contribution is -2.41. The molecule has 32 heavy (non-hydrogen) atoms. The van der Waals surface area contributed by atoms with Crippen LogP contribution in [0.2, 0.25) is 0 Å². The van der Waals surface area contributed by atoms with Crippen LogP contribution < -0.4 is 16.0 Å². The van der Waals surface area contributed by atoms with Crippen molar-refractivity contribution in [3.05, 3.63) is 57.6 Å². The van der Waals surface area contributed by atoms with E-state index in [2.05, 4.69) is 16.0 Å². The molecule has 0 spiro atoms. The van der Waals surface area contributed by atoms with Crippen molar-refractivity contribution >= 4 is 29.1 Å². The second-order valence-corrected chi connectivity index (χ2v) is 8.59. The molecule has 0 saturated carbocycles. The Kier molecular flexibility index (Phi) is 8.55. The first-order valence-corrected chi connectivity index (χ1v) is 10.7. The minimum absolute atomic E-state index is 0.00908. The quantitative estimate of drug-likeness (QED) is 0.591. The lowest BCUT2D eigenvalue weighted by Gasteiger charge is -2.18. The standard InChI is InChI=1S/C25H34N4O3/c1-15-8-17(3)24(18(4)9-15)27-21(30)12-26-22(31)13-29(7)14-23(32)28-25-19(5)10-16(2)11-20(25)6/h8-11H,12-14H2,1-7H3,(H,26,31)(H,27,30)(H,28,32). The molecule has 7 heteroatoms. The maximum atomic E-state index is 12.4. The minimum Gasteiger partial charge on any atom is -0.346 e. The van der Waals surface area contributed by atoms with Gasteiger partial charge in [-0.25, -0.2) is 0 Å². The van der Waals surface area contributed by atoms with Crippen molar-refractivity contribution in [3.63, 3.8) is 0 Å². The van der Waals surface area contributed by atoms with E-state index >= 15 is 0 Å². The van der Waals surface area contributed by atoms with Crippen molar-refractivity contribution in [1.29, 1.82) is 0 Å². The first-order chi connectivity index (χ1) is 15.0. The highest BCUT2D eigenvalue weighted by Gasteiger charge is 2.14. The summed E-state index contributed by atoms with van der Waals surface area (Å²) in [5.74, 6) is -0.812. The number of nitrogens with zero attached hydrogens (tertiary/aromatic N) is 1. The highest BCUT2D eigenvalue weighted by Crippen LogP contribution is 2.22. The van der Waals surface area contributed by atoms with Crippen LogP contribution in [0.1, 0.15) is 33.4 Å². The zero-order chi connectivity index (χ0) is 24.0. The number of hydrogen-bond acceptors (Lipinski definition) is 4. The number of carbonyl (C=O) groups excluding carboxylic acids is 3. The van der Waals surface area contributed by atoms with Gasteiger partial charge in [-0.05, 0) is 70.8 Å². The molecule has 0 aromatic heterocycles. The minimum atomic E-state index is -0.324. The average molecular weight is 439 g/mol. The molecule has 3 N–H and O–H groups in total. The van der Waals surface area contributed by atoms with Gasteiger partial charge in [0.25, 0.3) is 0 Å². The summed E-state index contributed by atoms with van der Waals surface area (Å²) in [6.45, 7) is 11.8. The molecule has 172 valence electrons. The number of carbonyl (C=O) groups is 3. The Morgan fingerprint density at radius 2 is 1.03 bits per heavy atom. The summed E-state index contributed by atoms with van der Waals surface area (Å²) < 4.78 is 0. The molecule has 0 heterocycles. The van der Waals surface area contributed by atoms with E-state index in [4.69, 9.17) is 0 Å². The second kappa shape index (κ2) is 10.9. The van der Waals surface area contributed by atoms with Crippen LogP contribution in [0.3, 0.4) is 0 Å². The van der Waals surface area contributed by atoms with Gasteiger partial charge in [0.15, 0.2) is 0 Å². The maximum absolute atomic E-state index is 12.4. The predicted octanol–water partition coefficient (Wildman–Crippen LogP) is 3.16. The molecule has 0 radical (unpaired) electrons. The smallest absolute Gasteiger partial charge is 0.243 e. The molecule has 3 amide bonds. The first kappa shape index (κ1) is 25.1. The number of anilines is 2. The van der Waals surface area contributed by atoms with Gasteiger partial charge in [0.2, 0.25) is 17.7 Å². The van der Waals surface area contributed by atoms with Crippen molar-refractivity contribution < 1.29 is 14.4 Å². The lowest BCUT2D eigenvalue weighted by atomic mass is 10.1. The van der Waals surface area contributed by atoms with Crippen LogP contribution in [0.5, 0.6) is 0 Å². The summed E-state index contributed by atoms with van der Waals surface area (Å²) in [6.07, 6.45) is 0. The van der Waals surface area contributed by atoms with Crippen molar-refractivity contribution in [2.75, 3.05) is 37.3 Å². The SMILES string of the molecule is Cc1cc(C)c(NC(=O)CNC(=O)CN(C)CC(=O)Nc2c(C)cc(C)cc2C)c(C)c1. The Hall–Kier alpha value is -3.19. The molecule has 2 aromatic rings. The van der Waals surface area contributed by atoms with Crippen molar-refractivity contribution in [3.8, 4) is 0 Å². The van der Waals surface area contributed by atoms with Gasteiger partial charge in [0.1, 0.15) is 0 Å². The van der Waals surface area contributed by atoms with Crippen LogP contribution >= 0.6 is 0 Å². The molecule has 0 aliphatic heterocycles. The van der Waals surface area contributed by atoms with E-state index in [9.17, 15) is 14.4 Å². The highest BCUT2D eigenvalue weighted by molar-refractivity contribution is 5.96. The van der Waals surface area contributed by atoms with E-state index in [1.54, 1.807) is 11.9 Å². The van der Waals surface area contributed by atoms with Gasteiger partial charge in [0.05, 0.1) is 19.6 Å². The molecule has 0 fully saturated rings. The van der Waals surface area contributed by atoms with Crippen molar-refractivity contribution in [2.45, 2.75) is 41.5 Å². The van der Waals surface area contributed by atoms with Gasteiger partial charge in [-0.2, -0.15) is 0 Å².